The molecule has 0 aliphatic heterocycles. The second kappa shape index (κ2) is 4.23. The molecule has 0 N–H and O–H groups in total. The molecule has 0 fully saturated rings. The quantitative estimate of drug-likeness (QED) is 0.722. The van der Waals surface area contributed by atoms with Gasteiger partial charge in [0.15, 0.2) is 5.82 Å². The van der Waals surface area contributed by atoms with E-state index in [1.807, 2.05) is 0 Å². The van der Waals surface area contributed by atoms with Crippen molar-refractivity contribution in [3.05, 3.63) is 32.3 Å². The van der Waals surface area contributed by atoms with Crippen molar-refractivity contribution >= 4 is 43.2 Å². The largest absolute Gasteiger partial charge is 0.233 e. The molecule has 0 spiro atoms. The van der Waals surface area contributed by atoms with Crippen LogP contribution < -0.4 is 0 Å². The molecular formula is C8H2Br2F2N2S. The minimum absolute atomic E-state index is 0.0453. The Morgan fingerprint density at radius 1 is 1.07 bits per heavy atom. The zero-order chi connectivity index (χ0) is 11.0. The summed E-state index contributed by atoms with van der Waals surface area (Å²) in [6, 6.07) is 3.46. The van der Waals surface area contributed by atoms with Gasteiger partial charge in [0, 0.05) is 0 Å². The first-order valence-electron chi connectivity index (χ1n) is 3.72. The van der Waals surface area contributed by atoms with E-state index >= 15 is 0 Å². The van der Waals surface area contributed by atoms with Gasteiger partial charge in [0.2, 0.25) is 11.9 Å². The summed E-state index contributed by atoms with van der Waals surface area (Å²) in [5.41, 5.74) is 0. The molecule has 0 aliphatic rings. The highest BCUT2D eigenvalue weighted by atomic mass is 79.9. The Balaban J connectivity index is 2.55. The van der Waals surface area contributed by atoms with Gasteiger partial charge in [-0.05, 0) is 44.0 Å². The van der Waals surface area contributed by atoms with Gasteiger partial charge in [-0.1, -0.05) is 0 Å². The van der Waals surface area contributed by atoms with Crippen molar-refractivity contribution in [3.63, 3.8) is 0 Å². The van der Waals surface area contributed by atoms with E-state index in [-0.39, 0.29) is 10.3 Å². The van der Waals surface area contributed by atoms with Gasteiger partial charge in [0.1, 0.15) is 4.47 Å². The first-order valence-corrected chi connectivity index (χ1v) is 6.12. The summed E-state index contributed by atoms with van der Waals surface area (Å²) in [5.74, 6) is -1.76. The van der Waals surface area contributed by atoms with Crippen LogP contribution >= 0.6 is 43.2 Å². The maximum atomic E-state index is 13.1. The van der Waals surface area contributed by atoms with Crippen LogP contribution in [0.2, 0.25) is 0 Å². The van der Waals surface area contributed by atoms with Gasteiger partial charge in [-0.3, -0.25) is 0 Å². The first-order chi connectivity index (χ1) is 7.08. The molecule has 2 heterocycles. The third-order valence-electron chi connectivity index (χ3n) is 1.56. The van der Waals surface area contributed by atoms with Crippen molar-refractivity contribution in [2.75, 3.05) is 0 Å². The molecule has 2 aromatic rings. The van der Waals surface area contributed by atoms with E-state index in [4.69, 9.17) is 0 Å². The standard InChI is InChI=1S/C8H2Br2F2N2S/c9-4-2-1-3(15-4)8-13-6(11)5(10)7(12)14-8/h1-2H. The third-order valence-corrected chi connectivity index (χ3v) is 3.84. The lowest BCUT2D eigenvalue weighted by Gasteiger charge is -1.98. The number of aromatic nitrogens is 2. The Morgan fingerprint density at radius 2 is 1.67 bits per heavy atom. The molecule has 2 aromatic heterocycles. The Bertz CT molecular complexity index is 492. The van der Waals surface area contributed by atoms with E-state index in [0.29, 0.717) is 4.88 Å². The van der Waals surface area contributed by atoms with Gasteiger partial charge in [-0.25, -0.2) is 0 Å². The number of rotatable bonds is 1. The highest BCUT2D eigenvalue weighted by Gasteiger charge is 2.13. The molecule has 0 aliphatic carbocycles. The van der Waals surface area contributed by atoms with E-state index in [2.05, 4.69) is 41.8 Å². The van der Waals surface area contributed by atoms with Crippen LogP contribution in [0.5, 0.6) is 0 Å². The van der Waals surface area contributed by atoms with Crippen LogP contribution in [-0.4, -0.2) is 9.97 Å². The van der Waals surface area contributed by atoms with Gasteiger partial charge < -0.3 is 0 Å². The number of thiophene rings is 1. The Kier molecular flexibility index (Phi) is 3.13. The van der Waals surface area contributed by atoms with E-state index < -0.39 is 11.9 Å². The second-order valence-corrected chi connectivity index (χ2v) is 5.80. The monoisotopic (exact) mass is 354 g/mol. The molecule has 0 bridgehead atoms. The summed E-state index contributed by atoms with van der Waals surface area (Å²) in [7, 11) is 0. The fraction of sp³-hybridized carbons (Fsp3) is 0. The normalized spacial score (nSPS) is 10.7. The lowest BCUT2D eigenvalue weighted by molar-refractivity contribution is 0.516. The minimum atomic E-state index is -0.901. The molecule has 78 valence electrons. The maximum Gasteiger partial charge on any atom is 0.233 e. The van der Waals surface area contributed by atoms with Crippen molar-refractivity contribution in [1.29, 1.82) is 0 Å². The Labute approximate surface area is 105 Å². The topological polar surface area (TPSA) is 25.8 Å². The summed E-state index contributed by atoms with van der Waals surface area (Å²) < 4.78 is 26.7. The first kappa shape index (κ1) is 11.1. The van der Waals surface area contributed by atoms with Crippen LogP contribution in [0, 0.1) is 11.9 Å². The highest BCUT2D eigenvalue weighted by molar-refractivity contribution is 9.11. The van der Waals surface area contributed by atoms with E-state index in [1.165, 1.54) is 11.3 Å². The van der Waals surface area contributed by atoms with Gasteiger partial charge in [0.25, 0.3) is 0 Å². The Hall–Kier alpha value is -0.400. The van der Waals surface area contributed by atoms with Crippen molar-refractivity contribution in [2.24, 2.45) is 0 Å². The average molecular weight is 356 g/mol. The van der Waals surface area contributed by atoms with Gasteiger partial charge in [0.05, 0.1) is 8.66 Å². The SMILES string of the molecule is Fc1nc(-c2ccc(Br)s2)nc(F)c1Br. The van der Waals surface area contributed by atoms with Crippen LogP contribution in [0.1, 0.15) is 0 Å². The van der Waals surface area contributed by atoms with E-state index in [0.717, 1.165) is 3.79 Å². The molecule has 0 saturated heterocycles. The van der Waals surface area contributed by atoms with Crippen LogP contribution in [0.3, 0.4) is 0 Å². The molecule has 15 heavy (non-hydrogen) atoms. The Morgan fingerprint density at radius 3 is 2.13 bits per heavy atom. The molecule has 0 unspecified atom stereocenters. The van der Waals surface area contributed by atoms with E-state index in [1.54, 1.807) is 12.1 Å². The van der Waals surface area contributed by atoms with Crippen LogP contribution in [-0.2, 0) is 0 Å². The van der Waals surface area contributed by atoms with Crippen LogP contribution in [0.15, 0.2) is 20.4 Å². The van der Waals surface area contributed by atoms with Crippen molar-refractivity contribution < 1.29 is 8.78 Å². The summed E-state index contributed by atoms with van der Waals surface area (Å²) >= 11 is 7.26. The summed E-state index contributed by atoms with van der Waals surface area (Å²) in [5, 5.41) is 0. The molecule has 7 heteroatoms. The third kappa shape index (κ3) is 2.24. The number of halogens is 4. The molecule has 0 amide bonds. The van der Waals surface area contributed by atoms with Gasteiger partial charge in [-0.15, -0.1) is 11.3 Å². The molecule has 0 aromatic carbocycles. The van der Waals surface area contributed by atoms with Gasteiger partial charge in [-0.2, -0.15) is 18.7 Å². The summed E-state index contributed by atoms with van der Waals surface area (Å²) in [6.45, 7) is 0. The van der Waals surface area contributed by atoms with Crippen molar-refractivity contribution in [2.45, 2.75) is 0 Å². The zero-order valence-electron chi connectivity index (χ0n) is 6.97. The van der Waals surface area contributed by atoms with Crippen molar-refractivity contribution in [1.82, 2.24) is 9.97 Å². The average Bonchev–Trinajstić information content (AvgIpc) is 2.60. The fourth-order valence-corrected chi connectivity index (χ4v) is 2.44. The predicted octanol–water partition coefficient (Wildman–Crippen LogP) is 4.01. The van der Waals surface area contributed by atoms with Crippen LogP contribution in [0.25, 0.3) is 10.7 Å². The van der Waals surface area contributed by atoms with E-state index in [9.17, 15) is 8.78 Å². The second-order valence-electron chi connectivity index (χ2n) is 2.55. The lowest BCUT2D eigenvalue weighted by Crippen LogP contribution is -1.97. The minimum Gasteiger partial charge on any atom is -0.197 e. The predicted molar refractivity (Wildman–Crippen MR) is 60.7 cm³/mol. The molecule has 2 nitrogen and oxygen atoms in total. The fourth-order valence-electron chi connectivity index (χ4n) is 0.939. The zero-order valence-corrected chi connectivity index (χ0v) is 11.0. The molecule has 0 atom stereocenters. The molecule has 2 rings (SSSR count). The smallest absolute Gasteiger partial charge is 0.197 e. The number of nitrogens with zero attached hydrogens (tertiary/aromatic N) is 2. The molecule has 0 saturated carbocycles. The van der Waals surface area contributed by atoms with Gasteiger partial charge >= 0.3 is 0 Å². The lowest BCUT2D eigenvalue weighted by atomic mass is 10.4. The summed E-state index contributed by atoms with van der Waals surface area (Å²) in [6.07, 6.45) is 0. The number of hydrogen-bond acceptors (Lipinski definition) is 3. The molecule has 0 radical (unpaired) electrons. The number of hydrogen-bond donors (Lipinski definition) is 0. The van der Waals surface area contributed by atoms with Crippen molar-refractivity contribution in [3.8, 4) is 10.7 Å². The highest BCUT2D eigenvalue weighted by Crippen LogP contribution is 2.30. The summed E-state index contributed by atoms with van der Waals surface area (Å²) in [4.78, 5) is 7.69. The maximum absolute atomic E-state index is 13.1. The van der Waals surface area contributed by atoms with Crippen LogP contribution in [0.4, 0.5) is 8.78 Å². The molecular weight excluding hydrogens is 354 g/mol.